The van der Waals surface area contributed by atoms with Gasteiger partial charge in [0.15, 0.2) is 5.78 Å². The first kappa shape index (κ1) is 12.2. The van der Waals surface area contributed by atoms with E-state index < -0.39 is 0 Å². The third-order valence-corrected chi connectivity index (χ3v) is 2.62. The van der Waals surface area contributed by atoms with Crippen LogP contribution >= 0.6 is 0 Å². The second-order valence-corrected chi connectivity index (χ2v) is 4.52. The fraction of sp³-hybridized carbons (Fsp3) is 0.818. The number of Topliss-reactive ketones (excluding diaryl/α,β-unsaturated/α-hetero) is 1. The highest BCUT2D eigenvalue weighted by molar-refractivity contribution is 5.88. The summed E-state index contributed by atoms with van der Waals surface area (Å²) < 4.78 is 0. The third kappa shape index (κ3) is 3.30. The highest BCUT2D eigenvalue weighted by atomic mass is 16.2. The van der Waals surface area contributed by atoms with Gasteiger partial charge in [0.1, 0.15) is 6.04 Å². The molecule has 1 aliphatic rings. The molecule has 1 fully saturated rings. The third-order valence-electron chi connectivity index (χ3n) is 2.62. The van der Waals surface area contributed by atoms with Crippen LogP contribution in [0.1, 0.15) is 27.2 Å². The Bertz CT molecular complexity index is 251. The molecule has 15 heavy (non-hydrogen) atoms. The van der Waals surface area contributed by atoms with Crippen LogP contribution in [-0.2, 0) is 9.59 Å². The Morgan fingerprint density at radius 3 is 2.67 bits per heavy atom. The predicted molar refractivity (Wildman–Crippen MR) is 58.5 cm³/mol. The molecule has 0 unspecified atom stereocenters. The van der Waals surface area contributed by atoms with Crippen molar-refractivity contribution in [3.8, 4) is 0 Å². The standard InChI is InChI=1S/C11H20N2O2/c1-8(2)6-11(15)13-5-4-12-7-10(13)9(3)14/h8,10,12H,4-7H2,1-3H3/t10-/m0/s1. The van der Waals surface area contributed by atoms with E-state index in [9.17, 15) is 9.59 Å². The smallest absolute Gasteiger partial charge is 0.223 e. The molecule has 4 nitrogen and oxygen atoms in total. The van der Waals surface area contributed by atoms with Crippen LogP contribution in [0.25, 0.3) is 0 Å². The molecule has 0 aromatic rings. The first-order valence-corrected chi connectivity index (χ1v) is 5.53. The van der Waals surface area contributed by atoms with Crippen LogP contribution in [0.3, 0.4) is 0 Å². The van der Waals surface area contributed by atoms with Crippen molar-refractivity contribution < 1.29 is 9.59 Å². The quantitative estimate of drug-likeness (QED) is 0.737. The van der Waals surface area contributed by atoms with Crippen molar-refractivity contribution in [1.29, 1.82) is 0 Å². The molecule has 1 amide bonds. The predicted octanol–water partition coefficient (Wildman–Crippen LogP) is 0.422. The van der Waals surface area contributed by atoms with Crippen molar-refractivity contribution >= 4 is 11.7 Å². The fourth-order valence-electron chi connectivity index (χ4n) is 1.83. The number of carbonyl (C=O) groups is 2. The maximum Gasteiger partial charge on any atom is 0.223 e. The van der Waals surface area contributed by atoms with Crippen LogP contribution in [0.15, 0.2) is 0 Å². The number of nitrogens with one attached hydrogen (secondary N) is 1. The van der Waals surface area contributed by atoms with Crippen molar-refractivity contribution in [1.82, 2.24) is 10.2 Å². The van der Waals surface area contributed by atoms with Crippen molar-refractivity contribution in [2.24, 2.45) is 5.92 Å². The maximum atomic E-state index is 11.9. The SMILES string of the molecule is CC(=O)[C@@H]1CNCCN1C(=O)CC(C)C. The first-order chi connectivity index (χ1) is 7.02. The summed E-state index contributed by atoms with van der Waals surface area (Å²) in [5.41, 5.74) is 0. The molecule has 0 radical (unpaired) electrons. The summed E-state index contributed by atoms with van der Waals surface area (Å²) in [6.45, 7) is 7.61. The molecule has 0 saturated carbocycles. The number of carbonyl (C=O) groups excluding carboxylic acids is 2. The lowest BCUT2D eigenvalue weighted by Crippen LogP contribution is -2.56. The average Bonchev–Trinajstić information content (AvgIpc) is 2.16. The topological polar surface area (TPSA) is 49.4 Å². The Morgan fingerprint density at radius 1 is 1.47 bits per heavy atom. The van der Waals surface area contributed by atoms with Gasteiger partial charge in [0.2, 0.25) is 5.91 Å². The van der Waals surface area contributed by atoms with Gasteiger partial charge in [-0.1, -0.05) is 13.8 Å². The summed E-state index contributed by atoms with van der Waals surface area (Å²) in [6, 6.07) is -0.259. The van der Waals surface area contributed by atoms with Crippen molar-refractivity contribution in [3.63, 3.8) is 0 Å². The minimum absolute atomic E-state index is 0.0688. The summed E-state index contributed by atoms with van der Waals surface area (Å²) in [7, 11) is 0. The molecule has 0 aromatic carbocycles. The van der Waals surface area contributed by atoms with Gasteiger partial charge in [-0.05, 0) is 12.8 Å². The van der Waals surface area contributed by atoms with E-state index in [-0.39, 0.29) is 17.7 Å². The molecule has 1 atom stereocenters. The van der Waals surface area contributed by atoms with E-state index >= 15 is 0 Å². The van der Waals surface area contributed by atoms with E-state index in [1.54, 1.807) is 11.8 Å². The molecule has 1 N–H and O–H groups in total. The van der Waals surface area contributed by atoms with Gasteiger partial charge in [0, 0.05) is 26.1 Å². The molecule has 1 aliphatic heterocycles. The van der Waals surface area contributed by atoms with Crippen LogP contribution in [-0.4, -0.2) is 42.3 Å². The number of nitrogens with zero attached hydrogens (tertiary/aromatic N) is 1. The molecular weight excluding hydrogens is 192 g/mol. The Morgan fingerprint density at radius 2 is 2.13 bits per heavy atom. The minimum Gasteiger partial charge on any atom is -0.330 e. The highest BCUT2D eigenvalue weighted by Gasteiger charge is 2.29. The van der Waals surface area contributed by atoms with Crippen LogP contribution in [0.2, 0.25) is 0 Å². The number of amides is 1. The number of ketones is 1. The summed E-state index contributed by atoms with van der Waals surface area (Å²) in [6.07, 6.45) is 0.532. The molecule has 0 aliphatic carbocycles. The number of piperazine rings is 1. The van der Waals surface area contributed by atoms with Gasteiger partial charge in [0.25, 0.3) is 0 Å². The largest absolute Gasteiger partial charge is 0.330 e. The van der Waals surface area contributed by atoms with E-state index in [4.69, 9.17) is 0 Å². The van der Waals surface area contributed by atoms with Gasteiger partial charge >= 0.3 is 0 Å². The zero-order valence-electron chi connectivity index (χ0n) is 9.75. The van der Waals surface area contributed by atoms with Gasteiger partial charge in [-0.3, -0.25) is 9.59 Å². The summed E-state index contributed by atoms with van der Waals surface area (Å²) >= 11 is 0. The number of hydrogen-bond acceptors (Lipinski definition) is 3. The lowest BCUT2D eigenvalue weighted by atomic mass is 10.1. The van der Waals surface area contributed by atoms with E-state index in [1.165, 1.54) is 0 Å². The van der Waals surface area contributed by atoms with Crippen LogP contribution in [0.4, 0.5) is 0 Å². The molecule has 1 heterocycles. The van der Waals surface area contributed by atoms with Crippen molar-refractivity contribution in [2.75, 3.05) is 19.6 Å². The molecular formula is C11H20N2O2. The highest BCUT2D eigenvalue weighted by Crippen LogP contribution is 2.10. The fourth-order valence-corrected chi connectivity index (χ4v) is 1.83. The maximum absolute atomic E-state index is 11.9. The zero-order chi connectivity index (χ0) is 11.4. The normalized spacial score (nSPS) is 21.9. The molecule has 1 saturated heterocycles. The van der Waals surface area contributed by atoms with E-state index in [0.717, 1.165) is 6.54 Å². The van der Waals surface area contributed by atoms with Gasteiger partial charge in [-0.25, -0.2) is 0 Å². The Kier molecular flexibility index (Phi) is 4.27. The summed E-state index contributed by atoms with van der Waals surface area (Å²) in [5.74, 6) is 0.519. The molecule has 0 bridgehead atoms. The molecule has 1 rings (SSSR count). The monoisotopic (exact) mass is 212 g/mol. The van der Waals surface area contributed by atoms with Crippen LogP contribution in [0, 0.1) is 5.92 Å². The van der Waals surface area contributed by atoms with Crippen molar-refractivity contribution in [3.05, 3.63) is 0 Å². The molecule has 0 aromatic heterocycles. The van der Waals surface area contributed by atoms with Gasteiger partial charge < -0.3 is 10.2 Å². The second-order valence-electron chi connectivity index (χ2n) is 4.52. The lowest BCUT2D eigenvalue weighted by Gasteiger charge is -2.35. The molecule has 0 spiro atoms. The van der Waals surface area contributed by atoms with Crippen LogP contribution < -0.4 is 5.32 Å². The number of hydrogen-bond donors (Lipinski definition) is 1. The van der Waals surface area contributed by atoms with E-state index in [0.29, 0.717) is 25.4 Å². The average molecular weight is 212 g/mol. The minimum atomic E-state index is -0.259. The molecule has 86 valence electrons. The van der Waals surface area contributed by atoms with Gasteiger partial charge in [-0.15, -0.1) is 0 Å². The zero-order valence-corrected chi connectivity index (χ0v) is 9.75. The summed E-state index contributed by atoms with van der Waals surface area (Å²) in [4.78, 5) is 25.0. The number of rotatable bonds is 3. The first-order valence-electron chi connectivity index (χ1n) is 5.53. The Hall–Kier alpha value is -0.900. The van der Waals surface area contributed by atoms with E-state index in [2.05, 4.69) is 5.32 Å². The Labute approximate surface area is 91.0 Å². The second kappa shape index (κ2) is 5.26. The summed E-state index contributed by atoms with van der Waals surface area (Å²) in [5, 5.41) is 3.14. The van der Waals surface area contributed by atoms with Crippen molar-refractivity contribution in [2.45, 2.75) is 33.2 Å². The lowest BCUT2D eigenvalue weighted by molar-refractivity contribution is -0.140. The van der Waals surface area contributed by atoms with Gasteiger partial charge in [0.05, 0.1) is 0 Å². The Balaban J connectivity index is 2.63. The van der Waals surface area contributed by atoms with Gasteiger partial charge in [-0.2, -0.15) is 0 Å². The molecule has 4 heteroatoms. The van der Waals surface area contributed by atoms with E-state index in [1.807, 2.05) is 13.8 Å². The van der Waals surface area contributed by atoms with Crippen LogP contribution in [0.5, 0.6) is 0 Å².